The van der Waals surface area contributed by atoms with Crippen LogP contribution in [-0.4, -0.2) is 45.9 Å². The molecule has 2 atom stereocenters. The van der Waals surface area contributed by atoms with Gasteiger partial charge in [0.25, 0.3) is 5.91 Å². The highest BCUT2D eigenvalue weighted by Gasteiger charge is 2.45. The van der Waals surface area contributed by atoms with Crippen LogP contribution in [0.15, 0.2) is 70.6 Å². The largest absolute Gasteiger partial charge is 0.503 e. The van der Waals surface area contributed by atoms with Gasteiger partial charge in [0.05, 0.1) is 17.7 Å². The summed E-state index contributed by atoms with van der Waals surface area (Å²) in [6, 6.07) is 11.7. The fourth-order valence-corrected chi connectivity index (χ4v) is 4.19. The van der Waals surface area contributed by atoms with Crippen LogP contribution in [0.3, 0.4) is 0 Å². The van der Waals surface area contributed by atoms with Gasteiger partial charge in [-0.05, 0) is 36.6 Å². The Kier molecular flexibility index (Phi) is 4.59. The first kappa shape index (κ1) is 18.6. The molecular weight excluding hydrogens is 384 g/mol. The quantitative estimate of drug-likeness (QED) is 0.654. The van der Waals surface area contributed by atoms with Crippen LogP contribution in [0.25, 0.3) is 11.0 Å². The lowest BCUT2D eigenvalue weighted by atomic mass is 9.96. The number of nitrogens with zero attached hydrogens (tertiary/aromatic N) is 2. The summed E-state index contributed by atoms with van der Waals surface area (Å²) in [6.45, 7) is 0.938. The van der Waals surface area contributed by atoms with Crippen molar-refractivity contribution in [3.63, 3.8) is 0 Å². The second-order valence-electron chi connectivity index (χ2n) is 7.52. The number of aromatic nitrogens is 1. The Morgan fingerprint density at radius 3 is 2.83 bits per heavy atom. The van der Waals surface area contributed by atoms with Gasteiger partial charge in [0, 0.05) is 30.9 Å². The first-order chi connectivity index (χ1) is 14.6. The van der Waals surface area contributed by atoms with Crippen LogP contribution in [0.5, 0.6) is 0 Å². The van der Waals surface area contributed by atoms with E-state index in [0.717, 1.165) is 18.2 Å². The smallest absolute Gasteiger partial charge is 0.290 e. The van der Waals surface area contributed by atoms with E-state index in [1.165, 1.54) is 4.90 Å². The Morgan fingerprint density at radius 2 is 2.10 bits per heavy atom. The minimum atomic E-state index is -0.754. The second kappa shape index (κ2) is 7.42. The second-order valence-corrected chi connectivity index (χ2v) is 7.52. The number of ether oxygens (including phenoxy) is 1. The van der Waals surface area contributed by atoms with Crippen molar-refractivity contribution in [1.82, 2.24) is 9.88 Å². The van der Waals surface area contributed by atoms with Gasteiger partial charge in [-0.1, -0.05) is 24.3 Å². The summed E-state index contributed by atoms with van der Waals surface area (Å²) in [5.74, 6) is -1.56. The van der Waals surface area contributed by atoms with Crippen molar-refractivity contribution < 1.29 is 23.8 Å². The predicted molar refractivity (Wildman–Crippen MR) is 108 cm³/mol. The van der Waals surface area contributed by atoms with Crippen molar-refractivity contribution in [3.8, 4) is 0 Å². The summed E-state index contributed by atoms with van der Waals surface area (Å²) < 4.78 is 11.4. The number of hydrogen-bond donors (Lipinski definition) is 1. The molecule has 7 heteroatoms. The molecule has 2 aromatic heterocycles. The summed E-state index contributed by atoms with van der Waals surface area (Å²) in [5.41, 5.74) is 1.22. The van der Waals surface area contributed by atoms with Gasteiger partial charge in [0.2, 0.25) is 5.78 Å². The number of aliphatic hydroxyl groups is 1. The zero-order valence-corrected chi connectivity index (χ0v) is 16.2. The molecule has 3 aromatic rings. The predicted octanol–water partition coefficient (Wildman–Crippen LogP) is 3.59. The summed E-state index contributed by atoms with van der Waals surface area (Å²) >= 11 is 0. The molecule has 1 fully saturated rings. The molecular formula is C23H20N2O5. The van der Waals surface area contributed by atoms with E-state index < -0.39 is 23.5 Å². The normalized spacial score (nSPS) is 21.7. The topological polar surface area (TPSA) is 92.9 Å². The van der Waals surface area contributed by atoms with E-state index in [9.17, 15) is 14.7 Å². The van der Waals surface area contributed by atoms with Crippen LogP contribution < -0.4 is 0 Å². The number of benzene rings is 1. The van der Waals surface area contributed by atoms with E-state index in [4.69, 9.17) is 9.15 Å². The van der Waals surface area contributed by atoms with Crippen LogP contribution >= 0.6 is 0 Å². The minimum Gasteiger partial charge on any atom is -0.503 e. The lowest BCUT2D eigenvalue weighted by Crippen LogP contribution is -2.37. The Bertz CT molecular complexity index is 1110. The fourth-order valence-electron chi connectivity index (χ4n) is 4.19. The molecule has 0 aliphatic carbocycles. The zero-order chi connectivity index (χ0) is 20.7. The standard InChI is InChI=1S/C23H20N2O5/c26-21(18-11-14-5-1-2-8-17(14)30-18)19-20(15-6-3-9-24-12-15)25(23(28)22(19)27)13-16-7-4-10-29-16/h1-3,5-6,8-9,11-12,16,20,27H,4,7,10,13H2. The lowest BCUT2D eigenvalue weighted by Gasteiger charge is -2.28. The van der Waals surface area contributed by atoms with Crippen LogP contribution in [-0.2, 0) is 9.53 Å². The van der Waals surface area contributed by atoms with E-state index >= 15 is 0 Å². The highest BCUT2D eigenvalue weighted by atomic mass is 16.5. The number of para-hydroxylation sites is 1. The number of fused-ring (bicyclic) bond motifs is 1. The third-order valence-corrected chi connectivity index (χ3v) is 5.62. The van der Waals surface area contributed by atoms with Gasteiger partial charge in [-0.3, -0.25) is 14.6 Å². The highest BCUT2D eigenvalue weighted by molar-refractivity contribution is 6.16. The summed E-state index contributed by atoms with van der Waals surface area (Å²) in [7, 11) is 0. The van der Waals surface area contributed by atoms with Gasteiger partial charge in [0.1, 0.15) is 5.58 Å². The maximum absolute atomic E-state index is 13.4. The van der Waals surface area contributed by atoms with Crippen molar-refractivity contribution in [3.05, 3.63) is 77.5 Å². The van der Waals surface area contributed by atoms with Crippen molar-refractivity contribution in [1.29, 1.82) is 0 Å². The SMILES string of the molecule is O=C(C1=C(O)C(=O)N(CC2CCCO2)C1c1cccnc1)c1cc2ccccc2o1. The molecule has 1 saturated heterocycles. The third kappa shape index (κ3) is 3.07. The Hall–Kier alpha value is -3.45. The van der Waals surface area contributed by atoms with Gasteiger partial charge >= 0.3 is 0 Å². The number of ketones is 1. The summed E-state index contributed by atoms with van der Waals surface area (Å²) in [6.07, 6.45) is 4.85. The average Bonchev–Trinajstić information content (AvgIpc) is 3.49. The first-order valence-corrected chi connectivity index (χ1v) is 9.92. The van der Waals surface area contributed by atoms with E-state index in [-0.39, 0.29) is 17.4 Å². The number of hydrogen-bond acceptors (Lipinski definition) is 6. The molecule has 0 radical (unpaired) electrons. The number of carbonyl (C=O) groups is 2. The van der Waals surface area contributed by atoms with E-state index in [0.29, 0.717) is 24.3 Å². The molecule has 0 saturated carbocycles. The van der Waals surface area contributed by atoms with Crippen molar-refractivity contribution >= 4 is 22.7 Å². The Morgan fingerprint density at radius 1 is 1.23 bits per heavy atom. The first-order valence-electron chi connectivity index (χ1n) is 9.92. The van der Waals surface area contributed by atoms with Crippen molar-refractivity contribution in [2.75, 3.05) is 13.2 Å². The average molecular weight is 404 g/mol. The van der Waals surface area contributed by atoms with Crippen molar-refractivity contribution in [2.45, 2.75) is 25.0 Å². The number of pyridine rings is 1. The molecule has 2 unspecified atom stereocenters. The summed E-state index contributed by atoms with van der Waals surface area (Å²) in [4.78, 5) is 32.0. The van der Waals surface area contributed by atoms with Gasteiger partial charge in [0.15, 0.2) is 11.5 Å². The van der Waals surface area contributed by atoms with E-state index in [1.54, 1.807) is 36.7 Å². The lowest BCUT2D eigenvalue weighted by molar-refractivity contribution is -0.131. The third-order valence-electron chi connectivity index (χ3n) is 5.62. The van der Waals surface area contributed by atoms with Crippen molar-refractivity contribution in [2.24, 2.45) is 0 Å². The number of Topliss-reactive ketones (excluding diaryl/α,β-unsaturated/α-hetero) is 1. The maximum Gasteiger partial charge on any atom is 0.290 e. The van der Waals surface area contributed by atoms with Crippen LogP contribution in [0.1, 0.15) is 35.0 Å². The molecule has 0 bridgehead atoms. The molecule has 152 valence electrons. The van der Waals surface area contributed by atoms with E-state index in [2.05, 4.69) is 4.98 Å². The summed E-state index contributed by atoms with van der Waals surface area (Å²) in [5, 5.41) is 11.5. The number of carbonyl (C=O) groups excluding carboxylic acids is 2. The molecule has 0 spiro atoms. The van der Waals surface area contributed by atoms with E-state index in [1.807, 2.05) is 18.2 Å². The molecule has 1 amide bonds. The van der Waals surface area contributed by atoms with Crippen LogP contribution in [0.4, 0.5) is 0 Å². The monoisotopic (exact) mass is 404 g/mol. The van der Waals surface area contributed by atoms with Crippen LogP contribution in [0.2, 0.25) is 0 Å². The molecule has 2 aliphatic heterocycles. The molecule has 7 nitrogen and oxygen atoms in total. The Balaban J connectivity index is 1.56. The highest BCUT2D eigenvalue weighted by Crippen LogP contribution is 2.40. The molecule has 4 heterocycles. The molecule has 1 N–H and O–H groups in total. The van der Waals surface area contributed by atoms with Gasteiger partial charge < -0.3 is 19.2 Å². The van der Waals surface area contributed by atoms with Gasteiger partial charge in [-0.15, -0.1) is 0 Å². The fraction of sp³-hybridized carbons (Fsp3) is 0.261. The molecule has 1 aromatic carbocycles. The number of furan rings is 1. The van der Waals surface area contributed by atoms with Gasteiger partial charge in [-0.25, -0.2) is 0 Å². The van der Waals surface area contributed by atoms with Crippen LogP contribution in [0, 0.1) is 0 Å². The zero-order valence-electron chi connectivity index (χ0n) is 16.2. The Labute approximate surface area is 172 Å². The maximum atomic E-state index is 13.4. The number of amides is 1. The molecule has 30 heavy (non-hydrogen) atoms. The minimum absolute atomic E-state index is 0.00468. The van der Waals surface area contributed by atoms with Gasteiger partial charge in [-0.2, -0.15) is 0 Å². The molecule has 5 rings (SSSR count). The number of rotatable bonds is 5. The molecule has 2 aliphatic rings. The number of aliphatic hydroxyl groups excluding tert-OH is 1.